The van der Waals surface area contributed by atoms with E-state index in [9.17, 15) is 18.4 Å². The lowest BCUT2D eigenvalue weighted by Gasteiger charge is -1.97. The highest BCUT2D eigenvalue weighted by Crippen LogP contribution is 2.56. The fourth-order valence-corrected chi connectivity index (χ4v) is 5.91. The molecule has 2 aromatic carbocycles. The molecule has 1 saturated heterocycles. The van der Waals surface area contributed by atoms with Gasteiger partial charge in [-0.25, -0.2) is 8.78 Å². The Balaban J connectivity index is 1.68. The lowest BCUT2D eigenvalue weighted by atomic mass is 10.1. The maximum Gasteiger partial charge on any atom is 0.187 e. The SMILES string of the molecule is O=C(/C=C1\SS/C(=C/C(=O)c2ccc(F)cc2)S1)c1ccc(F)cc1. The molecule has 1 aliphatic heterocycles. The molecule has 0 radical (unpaired) electrons. The molecule has 1 aliphatic rings. The Morgan fingerprint density at radius 3 is 1.40 bits per heavy atom. The zero-order chi connectivity index (χ0) is 17.8. The molecular weight excluding hydrogens is 382 g/mol. The van der Waals surface area contributed by atoms with E-state index in [4.69, 9.17) is 0 Å². The molecule has 1 fully saturated rings. The lowest BCUT2D eigenvalue weighted by Crippen LogP contribution is -1.95. The summed E-state index contributed by atoms with van der Waals surface area (Å²) in [6.45, 7) is 0. The Morgan fingerprint density at radius 2 is 1.04 bits per heavy atom. The van der Waals surface area contributed by atoms with Crippen molar-refractivity contribution in [2.45, 2.75) is 0 Å². The van der Waals surface area contributed by atoms with E-state index >= 15 is 0 Å². The third kappa shape index (κ3) is 4.84. The third-order valence-electron chi connectivity index (χ3n) is 3.16. The molecule has 0 amide bonds. The van der Waals surface area contributed by atoms with Crippen molar-refractivity contribution in [1.82, 2.24) is 0 Å². The summed E-state index contributed by atoms with van der Waals surface area (Å²) < 4.78 is 27.3. The first kappa shape index (κ1) is 18.0. The number of hydrogen-bond acceptors (Lipinski definition) is 5. The fraction of sp³-hybridized carbons (Fsp3) is 0. The van der Waals surface area contributed by atoms with Crippen molar-refractivity contribution in [2.75, 3.05) is 0 Å². The first-order chi connectivity index (χ1) is 12.0. The number of rotatable bonds is 4. The normalized spacial score (nSPS) is 17.2. The highest BCUT2D eigenvalue weighted by Gasteiger charge is 2.19. The summed E-state index contributed by atoms with van der Waals surface area (Å²) in [4.78, 5) is 24.3. The van der Waals surface area contributed by atoms with Gasteiger partial charge in [-0.2, -0.15) is 0 Å². The van der Waals surface area contributed by atoms with Gasteiger partial charge in [0.2, 0.25) is 0 Å². The molecule has 25 heavy (non-hydrogen) atoms. The molecule has 0 unspecified atom stereocenters. The summed E-state index contributed by atoms with van der Waals surface area (Å²) in [6.07, 6.45) is 2.94. The number of benzene rings is 2. The molecule has 126 valence electrons. The molecule has 2 nitrogen and oxygen atoms in total. The second kappa shape index (κ2) is 8.03. The molecular formula is C18H10F2O2S3. The van der Waals surface area contributed by atoms with Gasteiger partial charge in [0.1, 0.15) is 11.6 Å². The standard InChI is InChI=1S/C18H10F2O2S3/c19-13-5-1-11(2-6-13)15(21)9-17-23-18(25-24-17)10-16(22)12-3-7-14(20)8-4-12/h1-10H/b17-9-,18-10+. The minimum atomic E-state index is -0.395. The Bertz CT molecular complexity index is 799. The van der Waals surface area contributed by atoms with Gasteiger partial charge in [0.25, 0.3) is 0 Å². The highest BCUT2D eigenvalue weighted by molar-refractivity contribution is 8.86. The van der Waals surface area contributed by atoms with E-state index in [-0.39, 0.29) is 11.6 Å². The second-order valence-electron chi connectivity index (χ2n) is 4.94. The fourth-order valence-electron chi connectivity index (χ4n) is 1.93. The summed E-state index contributed by atoms with van der Waals surface area (Å²) in [5, 5.41) is 0. The van der Waals surface area contributed by atoms with Crippen molar-refractivity contribution in [3.63, 3.8) is 0 Å². The van der Waals surface area contributed by atoms with Crippen LogP contribution in [-0.2, 0) is 0 Å². The average Bonchev–Trinajstić information content (AvgIpc) is 3.02. The van der Waals surface area contributed by atoms with Crippen LogP contribution >= 0.6 is 33.3 Å². The molecule has 0 aliphatic carbocycles. The van der Waals surface area contributed by atoms with E-state index < -0.39 is 11.6 Å². The zero-order valence-corrected chi connectivity index (χ0v) is 15.0. The van der Waals surface area contributed by atoms with Crippen LogP contribution in [0.2, 0.25) is 0 Å². The van der Waals surface area contributed by atoms with Crippen molar-refractivity contribution in [3.05, 3.63) is 91.9 Å². The molecule has 0 atom stereocenters. The maximum absolute atomic E-state index is 12.9. The molecule has 0 N–H and O–H groups in total. The van der Waals surface area contributed by atoms with Gasteiger partial charge < -0.3 is 0 Å². The Kier molecular flexibility index (Phi) is 5.78. The number of halogens is 2. The van der Waals surface area contributed by atoms with Crippen LogP contribution in [0.3, 0.4) is 0 Å². The Labute approximate surface area is 155 Å². The maximum atomic E-state index is 12.9. The minimum Gasteiger partial charge on any atom is -0.289 e. The minimum absolute atomic E-state index is 0.221. The number of carbonyl (C=O) groups is 2. The molecule has 3 rings (SSSR count). The van der Waals surface area contributed by atoms with Crippen molar-refractivity contribution in [2.24, 2.45) is 0 Å². The molecule has 0 aromatic heterocycles. The average molecular weight is 392 g/mol. The van der Waals surface area contributed by atoms with Gasteiger partial charge in [0.15, 0.2) is 11.6 Å². The predicted octanol–water partition coefficient (Wildman–Crippen LogP) is 5.84. The molecule has 2 aromatic rings. The van der Waals surface area contributed by atoms with Crippen LogP contribution in [0.4, 0.5) is 8.78 Å². The Morgan fingerprint density at radius 1 is 0.680 bits per heavy atom. The smallest absolute Gasteiger partial charge is 0.187 e. The first-order valence-corrected chi connectivity index (χ1v) is 10.0. The number of hydrogen-bond donors (Lipinski definition) is 0. The van der Waals surface area contributed by atoms with Crippen molar-refractivity contribution in [1.29, 1.82) is 0 Å². The van der Waals surface area contributed by atoms with E-state index in [2.05, 4.69) is 0 Å². The van der Waals surface area contributed by atoms with Crippen LogP contribution in [-0.4, -0.2) is 11.6 Å². The van der Waals surface area contributed by atoms with Crippen molar-refractivity contribution in [3.8, 4) is 0 Å². The van der Waals surface area contributed by atoms with Gasteiger partial charge in [-0.1, -0.05) is 11.8 Å². The summed E-state index contributed by atoms with van der Waals surface area (Å²) in [7, 11) is 2.76. The van der Waals surface area contributed by atoms with E-state index in [1.165, 1.54) is 94.0 Å². The second-order valence-corrected chi connectivity index (χ2v) is 8.75. The van der Waals surface area contributed by atoms with Gasteiger partial charge in [0.05, 0.1) is 8.47 Å². The topological polar surface area (TPSA) is 34.1 Å². The summed E-state index contributed by atoms with van der Waals surface area (Å²) in [6, 6.07) is 10.7. The van der Waals surface area contributed by atoms with E-state index in [1.54, 1.807) is 0 Å². The van der Waals surface area contributed by atoms with Gasteiger partial charge in [0, 0.05) is 23.3 Å². The van der Waals surface area contributed by atoms with E-state index in [0.717, 1.165) is 8.47 Å². The zero-order valence-electron chi connectivity index (χ0n) is 12.6. The van der Waals surface area contributed by atoms with E-state index in [0.29, 0.717) is 11.1 Å². The lowest BCUT2D eigenvalue weighted by molar-refractivity contribution is 0.103. The predicted molar refractivity (Wildman–Crippen MR) is 100 cm³/mol. The highest BCUT2D eigenvalue weighted by atomic mass is 33.1. The quantitative estimate of drug-likeness (QED) is 0.371. The molecule has 0 bridgehead atoms. The molecule has 7 heteroatoms. The molecule has 1 heterocycles. The molecule has 0 saturated carbocycles. The van der Waals surface area contributed by atoms with Crippen LogP contribution < -0.4 is 0 Å². The van der Waals surface area contributed by atoms with Crippen LogP contribution in [0, 0.1) is 11.6 Å². The van der Waals surface area contributed by atoms with Gasteiger partial charge in [-0.3, -0.25) is 9.59 Å². The number of thioether (sulfide) groups is 1. The van der Waals surface area contributed by atoms with Gasteiger partial charge in [-0.05, 0) is 70.1 Å². The van der Waals surface area contributed by atoms with Gasteiger partial charge in [-0.15, -0.1) is 0 Å². The van der Waals surface area contributed by atoms with Crippen LogP contribution in [0.25, 0.3) is 0 Å². The van der Waals surface area contributed by atoms with Crippen molar-refractivity contribution >= 4 is 44.9 Å². The third-order valence-corrected chi connectivity index (χ3v) is 7.41. The summed E-state index contributed by atoms with van der Waals surface area (Å²) in [5.41, 5.74) is 0.805. The van der Waals surface area contributed by atoms with Crippen molar-refractivity contribution < 1.29 is 18.4 Å². The molecule has 0 spiro atoms. The monoisotopic (exact) mass is 392 g/mol. The summed E-state index contributed by atoms with van der Waals surface area (Å²) >= 11 is 1.32. The number of allylic oxidation sites excluding steroid dienone is 2. The van der Waals surface area contributed by atoms with Crippen LogP contribution in [0.5, 0.6) is 0 Å². The Hall–Kier alpha value is -1.83. The number of ketones is 2. The largest absolute Gasteiger partial charge is 0.289 e. The van der Waals surface area contributed by atoms with Crippen LogP contribution in [0.1, 0.15) is 20.7 Å². The van der Waals surface area contributed by atoms with Gasteiger partial charge >= 0.3 is 0 Å². The van der Waals surface area contributed by atoms with Crippen LogP contribution in [0.15, 0.2) is 69.2 Å². The van der Waals surface area contributed by atoms with E-state index in [1.807, 2.05) is 0 Å². The number of carbonyl (C=O) groups excluding carboxylic acids is 2. The first-order valence-electron chi connectivity index (χ1n) is 7.07. The summed E-state index contributed by atoms with van der Waals surface area (Å²) in [5.74, 6) is -1.23.